The highest BCUT2D eigenvalue weighted by molar-refractivity contribution is 5.93. The normalized spacial score (nSPS) is 17.1. The SMILES string of the molecule is CNC(=O)c1ncn2c1CCC(c1c(F)ccc(N)c1F)C2. The van der Waals surface area contributed by atoms with Gasteiger partial charge in [-0.1, -0.05) is 0 Å². The van der Waals surface area contributed by atoms with Crippen molar-refractivity contribution in [2.24, 2.45) is 0 Å². The second kappa shape index (κ2) is 5.40. The van der Waals surface area contributed by atoms with Gasteiger partial charge in [0.25, 0.3) is 5.91 Å². The Bertz CT molecular complexity index is 741. The molecule has 2 heterocycles. The van der Waals surface area contributed by atoms with Crippen LogP contribution in [0.1, 0.15) is 34.1 Å². The number of hydrogen-bond donors (Lipinski definition) is 2. The topological polar surface area (TPSA) is 72.9 Å². The quantitative estimate of drug-likeness (QED) is 0.831. The maximum Gasteiger partial charge on any atom is 0.271 e. The molecule has 1 aromatic carbocycles. The summed E-state index contributed by atoms with van der Waals surface area (Å²) in [5, 5.41) is 2.53. The van der Waals surface area contributed by atoms with Crippen molar-refractivity contribution in [3.63, 3.8) is 0 Å². The monoisotopic (exact) mass is 306 g/mol. The van der Waals surface area contributed by atoms with Crippen molar-refractivity contribution in [2.45, 2.75) is 25.3 Å². The fraction of sp³-hybridized carbons (Fsp3) is 0.333. The number of benzene rings is 1. The Labute approximate surface area is 126 Å². The molecule has 0 fully saturated rings. The number of nitrogens with zero attached hydrogens (tertiary/aromatic N) is 2. The molecule has 116 valence electrons. The van der Waals surface area contributed by atoms with Crippen LogP contribution < -0.4 is 11.1 Å². The molecule has 1 amide bonds. The van der Waals surface area contributed by atoms with E-state index < -0.39 is 11.6 Å². The van der Waals surface area contributed by atoms with Crippen molar-refractivity contribution in [3.8, 4) is 0 Å². The number of carbonyl (C=O) groups excluding carboxylic acids is 1. The van der Waals surface area contributed by atoms with Crippen molar-refractivity contribution in [1.82, 2.24) is 14.9 Å². The van der Waals surface area contributed by atoms with Crippen LogP contribution in [0.3, 0.4) is 0 Å². The van der Waals surface area contributed by atoms with Crippen molar-refractivity contribution in [3.05, 3.63) is 47.0 Å². The fourth-order valence-corrected chi connectivity index (χ4v) is 2.97. The van der Waals surface area contributed by atoms with E-state index in [0.29, 0.717) is 25.1 Å². The lowest BCUT2D eigenvalue weighted by atomic mass is 9.89. The van der Waals surface area contributed by atoms with Crippen LogP contribution in [0.2, 0.25) is 0 Å². The first-order valence-electron chi connectivity index (χ1n) is 7.02. The minimum atomic E-state index is -0.694. The molecule has 0 saturated heterocycles. The van der Waals surface area contributed by atoms with E-state index in [9.17, 15) is 13.6 Å². The van der Waals surface area contributed by atoms with Gasteiger partial charge < -0.3 is 15.6 Å². The van der Waals surface area contributed by atoms with Crippen LogP contribution in [-0.2, 0) is 13.0 Å². The Morgan fingerprint density at radius 3 is 2.95 bits per heavy atom. The maximum atomic E-state index is 14.2. The number of carbonyl (C=O) groups is 1. The Morgan fingerprint density at radius 2 is 2.23 bits per heavy atom. The summed E-state index contributed by atoms with van der Waals surface area (Å²) >= 11 is 0. The van der Waals surface area contributed by atoms with Crippen LogP contribution in [0.15, 0.2) is 18.5 Å². The molecule has 0 bridgehead atoms. The fourth-order valence-electron chi connectivity index (χ4n) is 2.97. The van der Waals surface area contributed by atoms with E-state index >= 15 is 0 Å². The molecule has 7 heteroatoms. The number of nitrogen functional groups attached to an aromatic ring is 1. The van der Waals surface area contributed by atoms with E-state index in [0.717, 1.165) is 5.69 Å². The van der Waals surface area contributed by atoms with Crippen LogP contribution >= 0.6 is 0 Å². The maximum absolute atomic E-state index is 14.2. The average Bonchev–Trinajstić information content (AvgIpc) is 2.94. The zero-order valence-electron chi connectivity index (χ0n) is 12.1. The molecule has 3 N–H and O–H groups in total. The number of anilines is 1. The van der Waals surface area contributed by atoms with Gasteiger partial charge in [0.1, 0.15) is 11.5 Å². The van der Waals surface area contributed by atoms with Crippen molar-refractivity contribution >= 4 is 11.6 Å². The first kappa shape index (κ1) is 14.5. The Hall–Kier alpha value is -2.44. The number of nitrogens with two attached hydrogens (primary N) is 1. The molecule has 1 aliphatic rings. The first-order chi connectivity index (χ1) is 10.5. The van der Waals surface area contributed by atoms with Gasteiger partial charge in [0.2, 0.25) is 0 Å². The molecule has 2 aromatic rings. The van der Waals surface area contributed by atoms with E-state index in [1.807, 2.05) is 0 Å². The Balaban J connectivity index is 1.95. The summed E-state index contributed by atoms with van der Waals surface area (Å²) in [4.78, 5) is 15.8. The molecule has 0 aliphatic carbocycles. The van der Waals surface area contributed by atoms with Gasteiger partial charge in [-0.3, -0.25) is 4.79 Å². The summed E-state index contributed by atoms with van der Waals surface area (Å²) in [7, 11) is 1.54. The standard InChI is InChI=1S/C15H16F2N4O/c1-19-15(22)14-11-5-2-8(6-21(11)7-20-14)12-9(16)3-4-10(18)13(12)17/h3-4,7-8H,2,5-6,18H2,1H3,(H,19,22). The highest BCUT2D eigenvalue weighted by Gasteiger charge is 2.29. The molecular formula is C15H16F2N4O. The predicted molar refractivity (Wildman–Crippen MR) is 77.4 cm³/mol. The van der Waals surface area contributed by atoms with Gasteiger partial charge >= 0.3 is 0 Å². The predicted octanol–water partition coefficient (Wildman–Crippen LogP) is 1.83. The van der Waals surface area contributed by atoms with Gasteiger partial charge in [-0.05, 0) is 25.0 Å². The lowest BCUT2D eigenvalue weighted by molar-refractivity contribution is 0.0957. The second-order valence-corrected chi connectivity index (χ2v) is 5.37. The molecule has 0 spiro atoms. The van der Waals surface area contributed by atoms with Crippen LogP contribution in [0.25, 0.3) is 0 Å². The molecule has 1 aromatic heterocycles. The van der Waals surface area contributed by atoms with E-state index in [4.69, 9.17) is 5.73 Å². The number of fused-ring (bicyclic) bond motifs is 1. The van der Waals surface area contributed by atoms with E-state index in [1.165, 1.54) is 25.5 Å². The van der Waals surface area contributed by atoms with Crippen LogP contribution in [0, 0.1) is 11.6 Å². The highest BCUT2D eigenvalue weighted by Crippen LogP contribution is 2.34. The third-order valence-corrected chi connectivity index (χ3v) is 4.10. The zero-order chi connectivity index (χ0) is 15.9. The number of nitrogens with one attached hydrogen (secondary N) is 1. The summed E-state index contributed by atoms with van der Waals surface area (Å²) in [6.07, 6.45) is 2.60. The van der Waals surface area contributed by atoms with E-state index in [-0.39, 0.29) is 23.1 Å². The summed E-state index contributed by atoms with van der Waals surface area (Å²) in [5.74, 6) is -1.87. The van der Waals surface area contributed by atoms with Gasteiger partial charge in [-0.25, -0.2) is 13.8 Å². The lowest BCUT2D eigenvalue weighted by Gasteiger charge is -2.26. The number of imidazole rings is 1. The number of hydrogen-bond acceptors (Lipinski definition) is 3. The summed E-state index contributed by atoms with van der Waals surface area (Å²) in [6.45, 7) is 0.372. The van der Waals surface area contributed by atoms with Gasteiger partial charge in [0.05, 0.1) is 17.7 Å². The van der Waals surface area contributed by atoms with E-state index in [2.05, 4.69) is 10.3 Å². The van der Waals surface area contributed by atoms with Gasteiger partial charge in [0.15, 0.2) is 5.82 Å². The number of amides is 1. The molecule has 1 aliphatic heterocycles. The second-order valence-electron chi connectivity index (χ2n) is 5.37. The molecule has 22 heavy (non-hydrogen) atoms. The smallest absolute Gasteiger partial charge is 0.271 e. The minimum Gasteiger partial charge on any atom is -0.396 e. The Kier molecular flexibility index (Phi) is 3.56. The lowest BCUT2D eigenvalue weighted by Crippen LogP contribution is -2.24. The van der Waals surface area contributed by atoms with Crippen molar-refractivity contribution < 1.29 is 13.6 Å². The molecule has 3 rings (SSSR count). The van der Waals surface area contributed by atoms with Crippen LogP contribution in [-0.4, -0.2) is 22.5 Å². The average molecular weight is 306 g/mol. The third-order valence-electron chi connectivity index (χ3n) is 4.10. The van der Waals surface area contributed by atoms with Crippen LogP contribution in [0.5, 0.6) is 0 Å². The Morgan fingerprint density at radius 1 is 1.45 bits per heavy atom. The number of halogens is 2. The summed E-state index contributed by atoms with van der Waals surface area (Å²) < 4.78 is 29.9. The first-order valence-corrected chi connectivity index (χ1v) is 7.02. The van der Waals surface area contributed by atoms with Gasteiger partial charge in [-0.2, -0.15) is 0 Å². The highest BCUT2D eigenvalue weighted by atomic mass is 19.1. The number of rotatable bonds is 2. The largest absolute Gasteiger partial charge is 0.396 e. The van der Waals surface area contributed by atoms with Crippen LogP contribution in [0.4, 0.5) is 14.5 Å². The molecule has 1 atom stereocenters. The van der Waals surface area contributed by atoms with Gasteiger partial charge in [0, 0.05) is 25.1 Å². The molecular weight excluding hydrogens is 290 g/mol. The molecule has 0 radical (unpaired) electrons. The molecule has 5 nitrogen and oxygen atoms in total. The van der Waals surface area contributed by atoms with Crippen molar-refractivity contribution in [2.75, 3.05) is 12.8 Å². The molecule has 1 unspecified atom stereocenters. The third kappa shape index (κ3) is 2.22. The molecule has 0 saturated carbocycles. The summed E-state index contributed by atoms with van der Waals surface area (Å²) in [6, 6.07) is 2.41. The van der Waals surface area contributed by atoms with Crippen molar-refractivity contribution in [1.29, 1.82) is 0 Å². The van der Waals surface area contributed by atoms with Gasteiger partial charge in [-0.15, -0.1) is 0 Å². The minimum absolute atomic E-state index is 0.0147. The zero-order valence-corrected chi connectivity index (χ0v) is 12.1. The van der Waals surface area contributed by atoms with E-state index in [1.54, 1.807) is 4.57 Å². The summed E-state index contributed by atoms with van der Waals surface area (Å²) in [5.41, 5.74) is 6.66. The number of aromatic nitrogens is 2.